The van der Waals surface area contributed by atoms with Gasteiger partial charge >= 0.3 is 29.1 Å². The first kappa shape index (κ1) is 8.90. The van der Waals surface area contributed by atoms with Crippen molar-refractivity contribution in [2.24, 2.45) is 5.73 Å². The molecule has 0 rings (SSSR count). The first-order chi connectivity index (χ1) is 1.73. The summed E-state index contributed by atoms with van der Waals surface area (Å²) in [5, 5.41) is 7.19. The Hall–Kier alpha value is 0.0362. The van der Waals surface area contributed by atoms with Crippen molar-refractivity contribution in [1.82, 2.24) is 0 Å². The van der Waals surface area contributed by atoms with Crippen LogP contribution in [-0.4, -0.2) is 34.3 Å². The Labute approximate surface area is 48.3 Å². The van der Waals surface area contributed by atoms with Crippen molar-refractivity contribution in [1.29, 1.82) is 0 Å². The molecule has 5 heavy (non-hydrogen) atoms. The molecular formula is CH5MgNO2. The minimum atomic E-state index is -1.33. The minimum Gasteiger partial charge on any atom is -1.00 e. The number of primary amides is 1. The molecule has 0 aliphatic heterocycles. The Morgan fingerprint density at radius 1 is 2.00 bits per heavy atom. The number of carboxylic acid groups (broad SMARTS) is 1. The summed E-state index contributed by atoms with van der Waals surface area (Å²) in [6, 6.07) is 0. The molecular weight excluding hydrogens is 82.3 g/mol. The molecule has 0 radical (unpaired) electrons. The quantitative estimate of drug-likeness (QED) is 0.390. The number of carbonyl (C=O) groups is 1. The van der Waals surface area contributed by atoms with Crippen LogP contribution in [0.1, 0.15) is 2.85 Å². The van der Waals surface area contributed by atoms with E-state index in [4.69, 9.17) is 9.90 Å². The van der Waals surface area contributed by atoms with Gasteiger partial charge in [-0.15, -0.1) is 0 Å². The van der Waals surface area contributed by atoms with E-state index in [-0.39, 0.29) is 25.9 Å². The van der Waals surface area contributed by atoms with E-state index in [9.17, 15) is 0 Å². The van der Waals surface area contributed by atoms with Crippen LogP contribution < -0.4 is 5.73 Å². The topological polar surface area (TPSA) is 63.3 Å². The summed E-state index contributed by atoms with van der Waals surface area (Å²) >= 11 is 0. The summed E-state index contributed by atoms with van der Waals surface area (Å²) in [5.41, 5.74) is 4.03. The first-order valence-corrected chi connectivity index (χ1v) is 0.716. The zero-order valence-corrected chi connectivity index (χ0v) is 4.05. The summed E-state index contributed by atoms with van der Waals surface area (Å²) in [6.45, 7) is 0. The van der Waals surface area contributed by atoms with Crippen molar-refractivity contribution in [2.45, 2.75) is 0 Å². The van der Waals surface area contributed by atoms with Crippen molar-refractivity contribution in [3.05, 3.63) is 0 Å². The van der Waals surface area contributed by atoms with Gasteiger partial charge in [0.1, 0.15) is 0 Å². The van der Waals surface area contributed by atoms with Gasteiger partial charge in [0, 0.05) is 0 Å². The smallest absolute Gasteiger partial charge is 1.00 e. The summed E-state index contributed by atoms with van der Waals surface area (Å²) in [5.74, 6) is 0. The molecule has 0 aromatic carbocycles. The molecule has 3 nitrogen and oxygen atoms in total. The van der Waals surface area contributed by atoms with E-state index in [2.05, 4.69) is 5.73 Å². The van der Waals surface area contributed by atoms with Gasteiger partial charge in [-0.05, 0) is 0 Å². The molecule has 0 fully saturated rings. The summed E-state index contributed by atoms with van der Waals surface area (Å²) in [7, 11) is 0. The first-order valence-electron chi connectivity index (χ1n) is 0.716. The van der Waals surface area contributed by atoms with Crippen LogP contribution in [0.15, 0.2) is 0 Å². The van der Waals surface area contributed by atoms with E-state index < -0.39 is 6.09 Å². The Balaban J connectivity index is -0.0000000150. The van der Waals surface area contributed by atoms with Crippen molar-refractivity contribution in [3.8, 4) is 0 Å². The van der Waals surface area contributed by atoms with E-state index >= 15 is 0 Å². The molecule has 1 amide bonds. The van der Waals surface area contributed by atoms with Crippen LogP contribution in [0.2, 0.25) is 0 Å². The number of hydrogen-bond donors (Lipinski definition) is 2. The van der Waals surface area contributed by atoms with Gasteiger partial charge in [0.25, 0.3) is 0 Å². The normalized spacial score (nSPS) is 4.80. The second-order valence-corrected chi connectivity index (χ2v) is 0.338. The van der Waals surface area contributed by atoms with Crippen LogP contribution in [-0.2, 0) is 0 Å². The summed E-state index contributed by atoms with van der Waals surface area (Å²) in [6.07, 6.45) is -1.33. The molecule has 0 saturated heterocycles. The molecule has 0 aromatic heterocycles. The zero-order valence-electron chi connectivity index (χ0n) is 4.64. The van der Waals surface area contributed by atoms with E-state index in [0.717, 1.165) is 0 Å². The van der Waals surface area contributed by atoms with Crippen LogP contribution in [0, 0.1) is 0 Å². The van der Waals surface area contributed by atoms with Crippen molar-refractivity contribution in [2.75, 3.05) is 0 Å². The van der Waals surface area contributed by atoms with Crippen LogP contribution in [0.25, 0.3) is 0 Å². The van der Waals surface area contributed by atoms with Crippen LogP contribution >= 0.6 is 0 Å². The monoisotopic (exact) mass is 87.0 g/mol. The Morgan fingerprint density at radius 2 is 2.00 bits per heavy atom. The van der Waals surface area contributed by atoms with Gasteiger partial charge in [-0.25, -0.2) is 4.79 Å². The van der Waals surface area contributed by atoms with Crippen molar-refractivity contribution >= 4 is 29.1 Å². The average Bonchev–Trinajstić information content (AvgIpc) is 0.811. The molecule has 0 unspecified atom stereocenters. The second-order valence-electron chi connectivity index (χ2n) is 0.338. The standard InChI is InChI=1S/CH3NO2.Mg.2H/c2-1(3)4;;;/h2H2,(H,3,4);;;/q;+2;2*-1. The molecule has 0 saturated carbocycles. The van der Waals surface area contributed by atoms with Crippen molar-refractivity contribution < 1.29 is 12.8 Å². The number of amides is 1. The predicted molar refractivity (Wildman–Crippen MR) is 20.2 cm³/mol. The number of rotatable bonds is 0. The Morgan fingerprint density at radius 3 is 2.00 bits per heavy atom. The fraction of sp³-hybridized carbons (Fsp3) is 0. The van der Waals surface area contributed by atoms with Crippen LogP contribution in [0.3, 0.4) is 0 Å². The van der Waals surface area contributed by atoms with E-state index in [1.807, 2.05) is 0 Å². The fourth-order valence-corrected chi connectivity index (χ4v) is 0. The van der Waals surface area contributed by atoms with Crippen LogP contribution in [0.4, 0.5) is 4.79 Å². The maximum atomic E-state index is 8.78. The Kier molecular flexibility index (Phi) is 7.18. The predicted octanol–water partition coefficient (Wildman–Crippen LogP) is -0.533. The molecule has 0 bridgehead atoms. The van der Waals surface area contributed by atoms with Gasteiger partial charge in [-0.3, -0.25) is 0 Å². The number of hydrogen-bond acceptors (Lipinski definition) is 1. The average molecular weight is 87.4 g/mol. The SMILES string of the molecule is NC(=O)O.[H-].[H-].[Mg+2]. The van der Waals surface area contributed by atoms with Gasteiger partial charge in [-0.2, -0.15) is 0 Å². The molecule has 0 heterocycles. The molecule has 0 aliphatic rings. The largest absolute Gasteiger partial charge is 2.00 e. The summed E-state index contributed by atoms with van der Waals surface area (Å²) in [4.78, 5) is 8.78. The van der Waals surface area contributed by atoms with E-state index in [1.54, 1.807) is 0 Å². The second kappa shape index (κ2) is 4.04. The molecule has 4 heteroatoms. The molecule has 0 aromatic rings. The Bertz CT molecular complexity index is 38.7. The van der Waals surface area contributed by atoms with E-state index in [1.165, 1.54) is 0 Å². The van der Waals surface area contributed by atoms with Gasteiger partial charge in [0.15, 0.2) is 0 Å². The third-order valence-corrected chi connectivity index (χ3v) is 0. The third kappa shape index (κ3) is 12700. The third-order valence-electron chi connectivity index (χ3n) is 0. The molecule has 3 N–H and O–H groups in total. The van der Waals surface area contributed by atoms with Gasteiger partial charge < -0.3 is 13.7 Å². The van der Waals surface area contributed by atoms with Gasteiger partial charge in [0.2, 0.25) is 0 Å². The van der Waals surface area contributed by atoms with Crippen molar-refractivity contribution in [3.63, 3.8) is 0 Å². The maximum Gasteiger partial charge on any atom is 2.00 e. The van der Waals surface area contributed by atoms with Gasteiger partial charge in [0.05, 0.1) is 0 Å². The van der Waals surface area contributed by atoms with Gasteiger partial charge in [-0.1, -0.05) is 0 Å². The number of nitrogens with two attached hydrogens (primary N) is 1. The molecule has 0 atom stereocenters. The minimum absolute atomic E-state index is 0. The maximum absolute atomic E-state index is 8.78. The molecule has 28 valence electrons. The zero-order chi connectivity index (χ0) is 3.58. The summed E-state index contributed by atoms with van der Waals surface area (Å²) < 4.78 is 0. The fourth-order valence-electron chi connectivity index (χ4n) is 0. The van der Waals surface area contributed by atoms with E-state index in [0.29, 0.717) is 0 Å². The molecule has 0 spiro atoms. The molecule has 0 aliphatic carbocycles. The van der Waals surface area contributed by atoms with Crippen LogP contribution in [0.5, 0.6) is 0 Å².